The molecule has 2 aromatic rings. The summed E-state index contributed by atoms with van der Waals surface area (Å²) in [7, 11) is 0. The minimum absolute atomic E-state index is 0.0154. The predicted octanol–water partition coefficient (Wildman–Crippen LogP) is 4.79. The van der Waals surface area contributed by atoms with E-state index in [4.69, 9.17) is 12.2 Å². The molecule has 3 rings (SSSR count). The quantitative estimate of drug-likeness (QED) is 0.442. The van der Waals surface area contributed by atoms with Gasteiger partial charge in [-0.25, -0.2) is 4.98 Å². The Morgan fingerprint density at radius 3 is 2.86 bits per heavy atom. The molecule has 0 aliphatic carbocycles. The molecule has 154 valence electrons. The Kier molecular flexibility index (Phi) is 7.80. The number of aromatic nitrogens is 1. The smallest absolute Gasteiger partial charge is 0.241 e. The number of nitrogens with one attached hydrogen (secondary N) is 1. The molecule has 1 N–H and O–H groups in total. The first kappa shape index (κ1) is 21.9. The number of hydrogen-bond donors (Lipinski definition) is 1. The normalized spacial score (nSPS) is 16.5. The lowest BCUT2D eigenvalue weighted by Gasteiger charge is -2.14. The summed E-state index contributed by atoms with van der Waals surface area (Å²) in [6.45, 7) is 4.61. The number of rotatable bonds is 9. The van der Waals surface area contributed by atoms with Crippen LogP contribution in [-0.2, 0) is 16.0 Å². The lowest BCUT2D eigenvalue weighted by molar-refractivity contribution is -0.125. The molecular weight excluding hydrogens is 422 g/mol. The van der Waals surface area contributed by atoms with E-state index in [0.717, 1.165) is 30.6 Å². The fraction of sp³-hybridized carbons (Fsp3) is 0.429. The molecule has 29 heavy (non-hydrogen) atoms. The van der Waals surface area contributed by atoms with Crippen LogP contribution in [-0.4, -0.2) is 37.8 Å². The summed E-state index contributed by atoms with van der Waals surface area (Å²) in [4.78, 5) is 31.3. The predicted molar refractivity (Wildman–Crippen MR) is 125 cm³/mol. The molecular formula is C21H25N3O2S3. The van der Waals surface area contributed by atoms with Gasteiger partial charge in [-0.05, 0) is 32.3 Å². The number of carbonyl (C=O) groups is 2. The van der Waals surface area contributed by atoms with Crippen LogP contribution in [0.1, 0.15) is 48.6 Å². The lowest BCUT2D eigenvalue weighted by atomic mass is 10.1. The number of thiocarbonyl (C=S) groups is 1. The monoisotopic (exact) mass is 447 g/mol. The minimum Gasteiger partial charge on any atom is -0.302 e. The summed E-state index contributed by atoms with van der Waals surface area (Å²) >= 11 is 8.20. The van der Waals surface area contributed by atoms with Crippen LogP contribution in [0.2, 0.25) is 0 Å². The molecule has 0 saturated carbocycles. The van der Waals surface area contributed by atoms with Crippen LogP contribution in [0.25, 0.3) is 0 Å². The van der Waals surface area contributed by atoms with Crippen LogP contribution in [0.4, 0.5) is 5.13 Å². The van der Waals surface area contributed by atoms with E-state index in [1.54, 1.807) is 4.90 Å². The second kappa shape index (κ2) is 10.3. The van der Waals surface area contributed by atoms with Crippen LogP contribution in [0.15, 0.2) is 30.5 Å². The number of hydrogen-bond acceptors (Lipinski definition) is 6. The number of benzene rings is 1. The Labute approximate surface area is 185 Å². The number of thioether (sulfide) groups is 1. The second-order valence-corrected chi connectivity index (χ2v) is 10.3. The summed E-state index contributed by atoms with van der Waals surface area (Å²) in [5, 5.41) is 3.47. The number of anilines is 1. The Hall–Kier alpha value is -1.77. The van der Waals surface area contributed by atoms with Crippen molar-refractivity contribution in [1.29, 1.82) is 0 Å². The van der Waals surface area contributed by atoms with Gasteiger partial charge >= 0.3 is 0 Å². The van der Waals surface area contributed by atoms with Crippen LogP contribution >= 0.6 is 35.3 Å². The first-order valence-electron chi connectivity index (χ1n) is 9.74. The van der Waals surface area contributed by atoms with E-state index in [9.17, 15) is 9.59 Å². The molecule has 8 heteroatoms. The molecule has 2 heterocycles. The highest BCUT2D eigenvalue weighted by atomic mass is 32.2. The number of thiazole rings is 1. The van der Waals surface area contributed by atoms with Crippen molar-refractivity contribution in [2.24, 2.45) is 0 Å². The van der Waals surface area contributed by atoms with Gasteiger partial charge in [-0.1, -0.05) is 60.2 Å². The van der Waals surface area contributed by atoms with Crippen LogP contribution in [0.3, 0.4) is 0 Å². The van der Waals surface area contributed by atoms with Crippen LogP contribution < -0.4 is 5.32 Å². The Balaban J connectivity index is 1.35. The van der Waals surface area contributed by atoms with E-state index in [2.05, 4.69) is 41.5 Å². The average Bonchev–Trinajstić information content (AvgIpc) is 3.19. The number of nitrogens with zero attached hydrogens (tertiary/aromatic N) is 2. The van der Waals surface area contributed by atoms with Gasteiger partial charge in [0.15, 0.2) is 5.13 Å². The zero-order chi connectivity index (χ0) is 20.8. The minimum atomic E-state index is -0.0672. The zero-order valence-corrected chi connectivity index (χ0v) is 19.1. The number of amides is 2. The largest absolute Gasteiger partial charge is 0.302 e. The fourth-order valence-corrected chi connectivity index (χ4v) is 5.48. The van der Waals surface area contributed by atoms with Crippen molar-refractivity contribution in [2.45, 2.75) is 51.2 Å². The third-order valence-electron chi connectivity index (χ3n) is 4.66. The molecule has 2 amide bonds. The number of carbonyl (C=O) groups excluding carboxylic acids is 2. The van der Waals surface area contributed by atoms with E-state index < -0.39 is 0 Å². The lowest BCUT2D eigenvalue weighted by Crippen LogP contribution is -2.31. The highest BCUT2D eigenvalue weighted by molar-refractivity contribution is 8.24. The molecule has 1 fully saturated rings. The molecule has 1 aromatic carbocycles. The summed E-state index contributed by atoms with van der Waals surface area (Å²) in [5.74, 6) is 0.0846. The SMILES string of the molecule is Cc1cccc(Cc2cnc(NC(=O)CCCCCN3C(=O)C(C)SC3=S)s2)c1. The van der Waals surface area contributed by atoms with Crippen LogP contribution in [0.5, 0.6) is 0 Å². The van der Waals surface area contributed by atoms with Gasteiger partial charge in [0.1, 0.15) is 4.32 Å². The maximum absolute atomic E-state index is 12.2. The van der Waals surface area contributed by atoms with Gasteiger partial charge in [0.25, 0.3) is 0 Å². The zero-order valence-electron chi connectivity index (χ0n) is 16.6. The standard InChI is InChI=1S/C21H25N3O2S3/c1-14-7-6-8-16(11-14)12-17-13-22-20(29-17)23-18(25)9-4-3-5-10-24-19(26)15(2)28-21(24)27/h6-8,11,13,15H,3-5,9-10,12H2,1-2H3,(H,22,23,25). The molecule has 1 aliphatic heterocycles. The molecule has 1 aromatic heterocycles. The molecule has 0 radical (unpaired) electrons. The van der Waals surface area contributed by atoms with Gasteiger partial charge in [0.05, 0.1) is 5.25 Å². The maximum atomic E-state index is 12.2. The van der Waals surface area contributed by atoms with Gasteiger partial charge in [0, 0.05) is 30.5 Å². The first-order valence-corrected chi connectivity index (χ1v) is 11.8. The molecule has 1 atom stereocenters. The van der Waals surface area contributed by atoms with Crippen LogP contribution in [0, 0.1) is 6.92 Å². The third kappa shape index (κ3) is 6.35. The third-order valence-corrected chi connectivity index (χ3v) is 7.06. The summed E-state index contributed by atoms with van der Waals surface area (Å²) in [6, 6.07) is 8.41. The highest BCUT2D eigenvalue weighted by Gasteiger charge is 2.32. The molecule has 1 unspecified atom stereocenters. The van der Waals surface area contributed by atoms with Gasteiger partial charge in [-0.3, -0.25) is 14.5 Å². The van der Waals surface area contributed by atoms with Crippen molar-refractivity contribution in [3.63, 3.8) is 0 Å². The topological polar surface area (TPSA) is 62.3 Å². The van der Waals surface area contributed by atoms with Gasteiger partial charge in [-0.2, -0.15) is 0 Å². The van der Waals surface area contributed by atoms with Crippen molar-refractivity contribution in [3.05, 3.63) is 46.5 Å². The molecule has 1 aliphatic rings. The van der Waals surface area contributed by atoms with Crippen molar-refractivity contribution in [3.8, 4) is 0 Å². The van der Waals surface area contributed by atoms with Crippen molar-refractivity contribution < 1.29 is 9.59 Å². The highest BCUT2D eigenvalue weighted by Crippen LogP contribution is 2.27. The maximum Gasteiger partial charge on any atom is 0.241 e. The van der Waals surface area contributed by atoms with Crippen molar-refractivity contribution >= 4 is 56.6 Å². The van der Waals surface area contributed by atoms with Crippen molar-refractivity contribution in [2.75, 3.05) is 11.9 Å². The van der Waals surface area contributed by atoms with Gasteiger partial charge < -0.3 is 5.32 Å². The molecule has 0 bridgehead atoms. The van der Waals surface area contributed by atoms with E-state index in [0.29, 0.717) is 22.4 Å². The number of unbranched alkanes of at least 4 members (excludes halogenated alkanes) is 2. The second-order valence-electron chi connectivity index (χ2n) is 7.17. The first-order chi connectivity index (χ1) is 13.9. The fourth-order valence-electron chi connectivity index (χ4n) is 3.16. The Morgan fingerprint density at radius 2 is 2.14 bits per heavy atom. The average molecular weight is 448 g/mol. The van der Waals surface area contributed by atoms with E-state index in [1.165, 1.54) is 34.2 Å². The van der Waals surface area contributed by atoms with Gasteiger partial charge in [-0.15, -0.1) is 11.3 Å². The summed E-state index contributed by atoms with van der Waals surface area (Å²) in [6.07, 6.45) is 5.63. The van der Waals surface area contributed by atoms with Crippen molar-refractivity contribution in [1.82, 2.24) is 9.88 Å². The molecule has 0 spiro atoms. The summed E-state index contributed by atoms with van der Waals surface area (Å²) < 4.78 is 0.672. The Bertz CT molecular complexity index is 897. The Morgan fingerprint density at radius 1 is 1.31 bits per heavy atom. The van der Waals surface area contributed by atoms with E-state index in [-0.39, 0.29) is 17.1 Å². The van der Waals surface area contributed by atoms with Gasteiger partial charge in [0.2, 0.25) is 11.8 Å². The van der Waals surface area contributed by atoms with E-state index >= 15 is 0 Å². The molecule has 1 saturated heterocycles. The summed E-state index contributed by atoms with van der Waals surface area (Å²) in [5.41, 5.74) is 2.49. The molecule has 5 nitrogen and oxygen atoms in total. The van der Waals surface area contributed by atoms with E-state index in [1.807, 2.05) is 13.1 Å². The number of aryl methyl sites for hydroxylation is 1.